The lowest BCUT2D eigenvalue weighted by molar-refractivity contribution is 0.0679. The van der Waals surface area contributed by atoms with Crippen molar-refractivity contribution in [3.05, 3.63) is 29.8 Å². The molecule has 1 saturated heterocycles. The molecular formula is C16H25NO3. The van der Waals surface area contributed by atoms with Gasteiger partial charge in [-0.15, -0.1) is 0 Å². The van der Waals surface area contributed by atoms with Gasteiger partial charge in [-0.3, -0.25) is 0 Å². The van der Waals surface area contributed by atoms with Crippen LogP contribution in [0.3, 0.4) is 0 Å². The van der Waals surface area contributed by atoms with E-state index >= 15 is 0 Å². The quantitative estimate of drug-likeness (QED) is 0.705. The Labute approximate surface area is 121 Å². The maximum absolute atomic E-state index is 5.80. The van der Waals surface area contributed by atoms with Crippen LogP contribution in [0.2, 0.25) is 0 Å². The monoisotopic (exact) mass is 279 g/mol. The van der Waals surface area contributed by atoms with Gasteiger partial charge in [0.05, 0.1) is 6.10 Å². The Morgan fingerprint density at radius 3 is 3.15 bits per heavy atom. The van der Waals surface area contributed by atoms with Crippen LogP contribution in [0.1, 0.15) is 24.8 Å². The van der Waals surface area contributed by atoms with Gasteiger partial charge >= 0.3 is 0 Å². The Morgan fingerprint density at radius 1 is 1.40 bits per heavy atom. The van der Waals surface area contributed by atoms with Crippen molar-refractivity contribution >= 4 is 0 Å². The molecule has 1 heterocycles. The second kappa shape index (κ2) is 8.95. The van der Waals surface area contributed by atoms with E-state index in [1.165, 1.54) is 5.56 Å². The van der Waals surface area contributed by atoms with Gasteiger partial charge in [-0.1, -0.05) is 12.1 Å². The van der Waals surface area contributed by atoms with Crippen molar-refractivity contribution in [2.75, 3.05) is 33.5 Å². The van der Waals surface area contributed by atoms with Gasteiger partial charge in [-0.2, -0.15) is 0 Å². The van der Waals surface area contributed by atoms with Gasteiger partial charge in [0.25, 0.3) is 0 Å². The molecule has 1 unspecified atom stereocenters. The number of rotatable bonds is 9. The summed E-state index contributed by atoms with van der Waals surface area (Å²) < 4.78 is 16.4. The minimum absolute atomic E-state index is 0.269. The minimum Gasteiger partial charge on any atom is -0.491 e. The largest absolute Gasteiger partial charge is 0.491 e. The van der Waals surface area contributed by atoms with Crippen molar-refractivity contribution < 1.29 is 14.2 Å². The highest BCUT2D eigenvalue weighted by atomic mass is 16.5. The molecule has 0 bridgehead atoms. The third-order valence-electron chi connectivity index (χ3n) is 3.39. The molecular weight excluding hydrogens is 254 g/mol. The highest BCUT2D eigenvalue weighted by Crippen LogP contribution is 2.17. The third kappa shape index (κ3) is 5.49. The predicted octanol–water partition coefficient (Wildman–Crippen LogP) is 2.37. The van der Waals surface area contributed by atoms with Crippen LogP contribution in [0, 0.1) is 0 Å². The maximum atomic E-state index is 5.80. The molecule has 2 rings (SSSR count). The molecule has 1 aromatic carbocycles. The van der Waals surface area contributed by atoms with E-state index < -0.39 is 0 Å². The zero-order valence-electron chi connectivity index (χ0n) is 12.3. The number of benzene rings is 1. The number of hydrogen-bond acceptors (Lipinski definition) is 4. The molecule has 0 aliphatic carbocycles. The normalized spacial score (nSPS) is 18.4. The standard InChI is InChI=1S/C16H25NO3/c1-18-9-4-8-17-12-14-5-2-6-15(11-14)20-13-16-7-3-10-19-16/h2,5-6,11,16-17H,3-4,7-10,12-13H2,1H3. The molecule has 20 heavy (non-hydrogen) atoms. The zero-order chi connectivity index (χ0) is 14.0. The number of hydrogen-bond donors (Lipinski definition) is 1. The van der Waals surface area contributed by atoms with Gasteiger partial charge in [-0.05, 0) is 43.5 Å². The fourth-order valence-electron chi connectivity index (χ4n) is 2.28. The molecule has 0 amide bonds. The summed E-state index contributed by atoms with van der Waals surface area (Å²) >= 11 is 0. The Hall–Kier alpha value is -1.10. The lowest BCUT2D eigenvalue weighted by Crippen LogP contribution is -2.17. The maximum Gasteiger partial charge on any atom is 0.119 e. The number of nitrogens with one attached hydrogen (secondary N) is 1. The van der Waals surface area contributed by atoms with Gasteiger partial charge in [0.15, 0.2) is 0 Å². The van der Waals surface area contributed by atoms with Crippen LogP contribution in [0.25, 0.3) is 0 Å². The zero-order valence-corrected chi connectivity index (χ0v) is 12.3. The molecule has 0 saturated carbocycles. The van der Waals surface area contributed by atoms with E-state index in [-0.39, 0.29) is 6.10 Å². The van der Waals surface area contributed by atoms with Crippen molar-refractivity contribution in [3.63, 3.8) is 0 Å². The Bertz CT molecular complexity index is 378. The van der Waals surface area contributed by atoms with E-state index in [0.717, 1.165) is 51.3 Å². The summed E-state index contributed by atoms with van der Waals surface area (Å²) in [6, 6.07) is 8.25. The molecule has 1 fully saturated rings. The van der Waals surface area contributed by atoms with Gasteiger partial charge in [0.2, 0.25) is 0 Å². The highest BCUT2D eigenvalue weighted by molar-refractivity contribution is 5.28. The molecule has 4 heteroatoms. The summed E-state index contributed by atoms with van der Waals surface area (Å²) in [5, 5.41) is 3.40. The Morgan fingerprint density at radius 2 is 2.35 bits per heavy atom. The number of ether oxygens (including phenoxy) is 3. The van der Waals surface area contributed by atoms with Crippen molar-refractivity contribution in [2.45, 2.75) is 31.9 Å². The molecule has 0 spiro atoms. The van der Waals surface area contributed by atoms with Crippen LogP contribution < -0.4 is 10.1 Å². The van der Waals surface area contributed by atoms with Gasteiger partial charge in [0, 0.05) is 26.9 Å². The van der Waals surface area contributed by atoms with Crippen LogP contribution in [0.5, 0.6) is 5.75 Å². The van der Waals surface area contributed by atoms with Crippen molar-refractivity contribution in [3.8, 4) is 5.75 Å². The van der Waals surface area contributed by atoms with Gasteiger partial charge in [-0.25, -0.2) is 0 Å². The predicted molar refractivity (Wildman–Crippen MR) is 79.1 cm³/mol. The fraction of sp³-hybridized carbons (Fsp3) is 0.625. The first-order valence-corrected chi connectivity index (χ1v) is 7.41. The van der Waals surface area contributed by atoms with E-state index in [0.29, 0.717) is 6.61 Å². The van der Waals surface area contributed by atoms with Crippen LogP contribution >= 0.6 is 0 Å². The molecule has 112 valence electrons. The van der Waals surface area contributed by atoms with Crippen molar-refractivity contribution in [1.82, 2.24) is 5.32 Å². The molecule has 1 atom stereocenters. The van der Waals surface area contributed by atoms with E-state index in [1.54, 1.807) is 7.11 Å². The van der Waals surface area contributed by atoms with Gasteiger partial charge in [0.1, 0.15) is 12.4 Å². The summed E-state index contributed by atoms with van der Waals surface area (Å²) in [6.07, 6.45) is 3.57. The average molecular weight is 279 g/mol. The first-order chi connectivity index (χ1) is 9.88. The molecule has 0 radical (unpaired) electrons. The Kier molecular flexibility index (Phi) is 6.84. The summed E-state index contributed by atoms with van der Waals surface area (Å²) in [5.41, 5.74) is 1.24. The fourth-order valence-corrected chi connectivity index (χ4v) is 2.28. The lowest BCUT2D eigenvalue weighted by Gasteiger charge is -2.12. The molecule has 1 aliphatic rings. The molecule has 0 aromatic heterocycles. The van der Waals surface area contributed by atoms with Crippen LogP contribution in [0.15, 0.2) is 24.3 Å². The second-order valence-corrected chi connectivity index (χ2v) is 5.12. The summed E-state index contributed by atoms with van der Waals surface area (Å²) in [7, 11) is 1.73. The van der Waals surface area contributed by atoms with Crippen LogP contribution in [0.4, 0.5) is 0 Å². The van der Waals surface area contributed by atoms with Crippen molar-refractivity contribution in [1.29, 1.82) is 0 Å². The molecule has 1 N–H and O–H groups in total. The third-order valence-corrected chi connectivity index (χ3v) is 3.39. The van der Waals surface area contributed by atoms with E-state index in [2.05, 4.69) is 17.4 Å². The lowest BCUT2D eigenvalue weighted by atomic mass is 10.2. The molecule has 1 aliphatic heterocycles. The summed E-state index contributed by atoms with van der Waals surface area (Å²) in [5.74, 6) is 0.927. The van der Waals surface area contributed by atoms with Gasteiger partial charge < -0.3 is 19.5 Å². The summed E-state index contributed by atoms with van der Waals surface area (Å²) in [4.78, 5) is 0. The SMILES string of the molecule is COCCCNCc1cccc(OCC2CCCO2)c1. The van der Waals surface area contributed by atoms with Crippen LogP contribution in [-0.2, 0) is 16.0 Å². The summed E-state index contributed by atoms with van der Waals surface area (Å²) in [6.45, 7) is 4.16. The van der Waals surface area contributed by atoms with Crippen molar-refractivity contribution in [2.24, 2.45) is 0 Å². The molecule has 4 nitrogen and oxygen atoms in total. The number of methoxy groups -OCH3 is 1. The first kappa shape index (κ1) is 15.3. The van der Waals surface area contributed by atoms with E-state index in [1.807, 2.05) is 12.1 Å². The highest BCUT2D eigenvalue weighted by Gasteiger charge is 2.15. The molecule has 1 aromatic rings. The van der Waals surface area contributed by atoms with E-state index in [9.17, 15) is 0 Å². The smallest absolute Gasteiger partial charge is 0.119 e. The Balaban J connectivity index is 1.69. The minimum atomic E-state index is 0.269. The average Bonchev–Trinajstić information content (AvgIpc) is 2.99. The topological polar surface area (TPSA) is 39.7 Å². The first-order valence-electron chi connectivity index (χ1n) is 7.41. The van der Waals surface area contributed by atoms with E-state index in [4.69, 9.17) is 14.2 Å². The van der Waals surface area contributed by atoms with Crippen LogP contribution in [-0.4, -0.2) is 39.6 Å². The second-order valence-electron chi connectivity index (χ2n) is 5.12.